The smallest absolute Gasteiger partial charge is 0.258 e. The topological polar surface area (TPSA) is 43.1 Å². The molecule has 0 spiro atoms. The molecule has 0 bridgehead atoms. The molecule has 0 N–H and O–H groups in total. The fourth-order valence-corrected chi connectivity index (χ4v) is 2.08. The Bertz CT molecular complexity index is 555. The molecule has 0 aromatic heterocycles. The molecule has 0 unspecified atom stereocenters. The highest BCUT2D eigenvalue weighted by Crippen LogP contribution is 2.37. The first kappa shape index (κ1) is 13.7. The highest BCUT2D eigenvalue weighted by molar-refractivity contribution is 6.40. The van der Waals surface area contributed by atoms with Crippen molar-refractivity contribution < 1.29 is 4.92 Å². The lowest BCUT2D eigenvalue weighted by atomic mass is 10.1. The van der Waals surface area contributed by atoms with E-state index in [1.807, 2.05) is 13.8 Å². The molecule has 3 nitrogen and oxygen atoms in total. The quantitative estimate of drug-likeness (QED) is 0.536. The molecule has 5 heteroatoms. The van der Waals surface area contributed by atoms with Crippen LogP contribution in [0, 0.1) is 10.1 Å². The summed E-state index contributed by atoms with van der Waals surface area (Å²) in [4.78, 5) is 10.3. The minimum atomic E-state index is -0.499. The maximum atomic E-state index is 10.8. The van der Waals surface area contributed by atoms with Gasteiger partial charge in [-0.2, -0.15) is 0 Å². The monoisotopic (exact) mass is 271 g/mol. The zero-order valence-corrected chi connectivity index (χ0v) is 10.9. The van der Waals surface area contributed by atoms with Gasteiger partial charge in [-0.05, 0) is 12.1 Å². The first-order valence-electron chi connectivity index (χ1n) is 5.12. The maximum Gasteiger partial charge on any atom is 0.295 e. The highest BCUT2D eigenvalue weighted by Gasteiger charge is 2.18. The van der Waals surface area contributed by atoms with Gasteiger partial charge in [0.25, 0.3) is 5.69 Å². The Balaban J connectivity index is 0.000000686. The van der Waals surface area contributed by atoms with E-state index in [2.05, 4.69) is 0 Å². The van der Waals surface area contributed by atoms with Gasteiger partial charge in [0, 0.05) is 5.39 Å². The van der Waals surface area contributed by atoms with Crippen LogP contribution in [0.2, 0.25) is 10.0 Å². The Morgan fingerprint density at radius 3 is 2.12 bits per heavy atom. The molecule has 2 aromatic rings. The second kappa shape index (κ2) is 5.84. The summed E-state index contributed by atoms with van der Waals surface area (Å²) in [6.07, 6.45) is 0. The predicted molar refractivity (Wildman–Crippen MR) is 72.0 cm³/mol. The van der Waals surface area contributed by atoms with Gasteiger partial charge in [-0.3, -0.25) is 10.1 Å². The summed E-state index contributed by atoms with van der Waals surface area (Å²) in [5.74, 6) is 0. The molecule has 17 heavy (non-hydrogen) atoms. The van der Waals surface area contributed by atoms with Gasteiger partial charge in [0.1, 0.15) is 5.02 Å². The van der Waals surface area contributed by atoms with Gasteiger partial charge in [-0.25, -0.2) is 0 Å². The van der Waals surface area contributed by atoms with Crippen LogP contribution >= 0.6 is 23.2 Å². The van der Waals surface area contributed by atoms with Crippen LogP contribution in [0.3, 0.4) is 0 Å². The fraction of sp³-hybridized carbons (Fsp3) is 0.167. The Hall–Kier alpha value is -1.32. The van der Waals surface area contributed by atoms with Gasteiger partial charge >= 0.3 is 0 Å². The number of halogens is 2. The number of hydrogen-bond donors (Lipinski definition) is 0. The first-order valence-corrected chi connectivity index (χ1v) is 5.88. The largest absolute Gasteiger partial charge is 0.295 e. The van der Waals surface area contributed by atoms with Crippen molar-refractivity contribution in [2.75, 3.05) is 0 Å². The van der Waals surface area contributed by atoms with Crippen molar-refractivity contribution in [3.8, 4) is 0 Å². The molecular formula is C12H11Cl2NO2. The van der Waals surface area contributed by atoms with Crippen molar-refractivity contribution in [1.29, 1.82) is 0 Å². The first-order chi connectivity index (χ1) is 8.11. The van der Waals surface area contributed by atoms with Crippen LogP contribution < -0.4 is 0 Å². The molecule has 0 saturated carbocycles. The molecule has 2 rings (SSSR count). The van der Waals surface area contributed by atoms with Crippen LogP contribution in [0.15, 0.2) is 30.3 Å². The maximum absolute atomic E-state index is 10.8. The summed E-state index contributed by atoms with van der Waals surface area (Å²) in [5, 5.41) is 12.4. The summed E-state index contributed by atoms with van der Waals surface area (Å²) >= 11 is 11.7. The lowest BCUT2D eigenvalue weighted by Crippen LogP contribution is -1.91. The standard InChI is InChI=1S/C10H5Cl2NO2.C2H6/c11-8-5-9(12)10(13(14)15)7-4-2-1-3-6(7)8;1-2/h1-5H;1-2H3. The molecule has 2 aromatic carbocycles. The number of hydrogen-bond acceptors (Lipinski definition) is 2. The number of fused-ring (bicyclic) bond motifs is 1. The molecule has 0 fully saturated rings. The lowest BCUT2D eigenvalue weighted by Gasteiger charge is -2.03. The van der Waals surface area contributed by atoms with E-state index in [1.165, 1.54) is 6.07 Å². The van der Waals surface area contributed by atoms with Crippen molar-refractivity contribution in [3.05, 3.63) is 50.5 Å². The number of nitro benzene ring substituents is 1. The normalized spacial score (nSPS) is 9.65. The average molecular weight is 272 g/mol. The number of rotatable bonds is 1. The van der Waals surface area contributed by atoms with Crippen molar-refractivity contribution in [1.82, 2.24) is 0 Å². The molecule has 0 atom stereocenters. The Morgan fingerprint density at radius 2 is 1.59 bits per heavy atom. The van der Waals surface area contributed by atoms with Crippen LogP contribution in [0.4, 0.5) is 5.69 Å². The second-order valence-electron chi connectivity index (χ2n) is 2.99. The Kier molecular flexibility index (Phi) is 4.73. The van der Waals surface area contributed by atoms with Gasteiger partial charge in [-0.1, -0.05) is 55.2 Å². The van der Waals surface area contributed by atoms with Crippen LogP contribution in [-0.2, 0) is 0 Å². The lowest BCUT2D eigenvalue weighted by molar-refractivity contribution is -0.382. The van der Waals surface area contributed by atoms with Crippen molar-refractivity contribution in [2.24, 2.45) is 0 Å². The second-order valence-corrected chi connectivity index (χ2v) is 3.81. The number of nitro groups is 1. The van der Waals surface area contributed by atoms with E-state index in [-0.39, 0.29) is 10.7 Å². The molecule has 0 aliphatic carbocycles. The third-order valence-corrected chi connectivity index (χ3v) is 2.70. The highest BCUT2D eigenvalue weighted by atomic mass is 35.5. The van der Waals surface area contributed by atoms with E-state index >= 15 is 0 Å². The van der Waals surface area contributed by atoms with Crippen molar-refractivity contribution in [3.63, 3.8) is 0 Å². The summed E-state index contributed by atoms with van der Waals surface area (Å²) < 4.78 is 0. The van der Waals surface area contributed by atoms with Crippen LogP contribution in [0.25, 0.3) is 10.8 Å². The molecule has 90 valence electrons. The van der Waals surface area contributed by atoms with Gasteiger partial charge in [0.05, 0.1) is 15.3 Å². The summed E-state index contributed by atoms with van der Waals surface area (Å²) in [5.41, 5.74) is -0.100. The molecule has 0 heterocycles. The van der Waals surface area contributed by atoms with E-state index in [0.29, 0.717) is 15.8 Å². The molecule has 0 radical (unpaired) electrons. The minimum absolute atomic E-state index is 0.0590. The van der Waals surface area contributed by atoms with E-state index in [1.54, 1.807) is 24.3 Å². The van der Waals surface area contributed by atoms with E-state index in [0.717, 1.165) is 0 Å². The van der Waals surface area contributed by atoms with E-state index in [9.17, 15) is 10.1 Å². The van der Waals surface area contributed by atoms with Crippen LogP contribution in [-0.4, -0.2) is 4.92 Å². The van der Waals surface area contributed by atoms with E-state index < -0.39 is 4.92 Å². The molecular weight excluding hydrogens is 261 g/mol. The van der Waals surface area contributed by atoms with Gasteiger partial charge in [0.15, 0.2) is 0 Å². The third-order valence-electron chi connectivity index (χ3n) is 2.10. The molecule has 0 amide bonds. The van der Waals surface area contributed by atoms with Crippen LogP contribution in [0.1, 0.15) is 13.8 Å². The predicted octanol–water partition coefficient (Wildman–Crippen LogP) is 5.08. The zero-order valence-electron chi connectivity index (χ0n) is 9.41. The Labute approximate surface area is 109 Å². The molecule has 0 aliphatic heterocycles. The Morgan fingerprint density at radius 1 is 1.06 bits per heavy atom. The minimum Gasteiger partial charge on any atom is -0.258 e. The van der Waals surface area contributed by atoms with Crippen molar-refractivity contribution >= 4 is 39.7 Å². The molecule has 0 aliphatic rings. The SMILES string of the molecule is CC.O=[N+]([O-])c1c(Cl)cc(Cl)c2ccccc12. The van der Waals surface area contributed by atoms with Crippen LogP contribution in [0.5, 0.6) is 0 Å². The zero-order chi connectivity index (χ0) is 13.0. The van der Waals surface area contributed by atoms with Crippen molar-refractivity contribution in [2.45, 2.75) is 13.8 Å². The third kappa shape index (κ3) is 2.68. The summed E-state index contributed by atoms with van der Waals surface area (Å²) in [6, 6.07) is 8.23. The fourth-order valence-electron chi connectivity index (χ4n) is 1.47. The molecule has 0 saturated heterocycles. The average Bonchev–Trinajstić information content (AvgIpc) is 2.31. The van der Waals surface area contributed by atoms with E-state index in [4.69, 9.17) is 23.2 Å². The van der Waals surface area contributed by atoms with Gasteiger partial charge in [-0.15, -0.1) is 0 Å². The van der Waals surface area contributed by atoms with Gasteiger partial charge in [0.2, 0.25) is 0 Å². The summed E-state index contributed by atoms with van der Waals surface area (Å²) in [6.45, 7) is 4.00. The summed E-state index contributed by atoms with van der Waals surface area (Å²) in [7, 11) is 0. The van der Waals surface area contributed by atoms with Gasteiger partial charge < -0.3 is 0 Å². The number of benzene rings is 2. The number of nitrogens with zero attached hydrogens (tertiary/aromatic N) is 1.